The van der Waals surface area contributed by atoms with Gasteiger partial charge in [0.15, 0.2) is 5.82 Å². The number of aromatic nitrogens is 5. The van der Waals surface area contributed by atoms with E-state index in [-0.39, 0.29) is 0 Å². The molecule has 56 heavy (non-hydrogen) atoms. The summed E-state index contributed by atoms with van der Waals surface area (Å²) < 4.78 is 4.69. The Bertz CT molecular complexity index is 3200. The fraction of sp³-hybridized carbons (Fsp3) is 0. The molecule has 7 aromatic carbocycles. The molecule has 0 bridgehead atoms. The van der Waals surface area contributed by atoms with Crippen LogP contribution in [0.2, 0.25) is 0 Å². The molecular formula is C51H33N5. The zero-order chi connectivity index (χ0) is 37.0. The lowest BCUT2D eigenvalue weighted by atomic mass is 10.0. The number of benzene rings is 7. The van der Waals surface area contributed by atoms with Gasteiger partial charge in [-0.2, -0.15) is 0 Å². The van der Waals surface area contributed by atoms with E-state index in [1.165, 1.54) is 32.7 Å². The standard InChI is InChI=1S/C51H33N5/c1-3-11-39(12-4-1)55-32-30-43-47(55)29-27-41-44-33-38(26-28-48(44)56(50(41)43)40-13-5-2-6-14-40)34-18-24-37(25-19-34)51-53-46-17-8-7-15-42(46)49(54-51)36-22-20-35(21-23-36)45-16-9-10-31-52-45/h1-33H. The quantitative estimate of drug-likeness (QED) is 0.172. The topological polar surface area (TPSA) is 48.5 Å². The number of nitrogens with zero attached hydrogens (tertiary/aromatic N) is 5. The van der Waals surface area contributed by atoms with Crippen LogP contribution in [0.1, 0.15) is 0 Å². The first-order valence-electron chi connectivity index (χ1n) is 18.9. The highest BCUT2D eigenvalue weighted by molar-refractivity contribution is 6.19. The van der Waals surface area contributed by atoms with Crippen molar-refractivity contribution in [1.82, 2.24) is 24.1 Å². The molecule has 0 spiro atoms. The van der Waals surface area contributed by atoms with Crippen LogP contribution in [-0.2, 0) is 0 Å². The summed E-state index contributed by atoms with van der Waals surface area (Å²) in [5, 5.41) is 4.69. The third-order valence-electron chi connectivity index (χ3n) is 10.8. The average molecular weight is 716 g/mol. The van der Waals surface area contributed by atoms with Crippen LogP contribution in [0.25, 0.3) is 100 Å². The zero-order valence-electron chi connectivity index (χ0n) is 30.3. The molecular weight excluding hydrogens is 683 g/mol. The number of rotatable bonds is 6. The first-order chi connectivity index (χ1) is 27.8. The Balaban J connectivity index is 0.998. The molecule has 0 radical (unpaired) electrons. The van der Waals surface area contributed by atoms with Gasteiger partial charge in [-0.15, -0.1) is 0 Å². The Morgan fingerprint density at radius 1 is 0.393 bits per heavy atom. The Labute approximate surface area is 323 Å². The van der Waals surface area contributed by atoms with Crippen LogP contribution >= 0.6 is 0 Å². The Morgan fingerprint density at radius 3 is 1.84 bits per heavy atom. The summed E-state index contributed by atoms with van der Waals surface area (Å²) in [5.74, 6) is 0.701. The molecule has 4 aromatic heterocycles. The van der Waals surface area contributed by atoms with Crippen molar-refractivity contribution >= 4 is 43.6 Å². The van der Waals surface area contributed by atoms with E-state index in [1.54, 1.807) is 0 Å². The SMILES string of the molecule is c1ccc(-n2ccc3c2ccc2c4cc(-c5ccc(-c6nc(-c7ccc(-c8ccccn8)cc7)c7ccccc7n6)cc5)ccc4n(-c4ccccc4)c23)cc1. The van der Waals surface area contributed by atoms with Crippen LogP contribution in [0.3, 0.4) is 0 Å². The predicted octanol–water partition coefficient (Wildman–Crippen LogP) is 12.7. The predicted molar refractivity (Wildman–Crippen MR) is 230 cm³/mol. The molecule has 5 heteroatoms. The van der Waals surface area contributed by atoms with Crippen LogP contribution in [0, 0.1) is 0 Å². The molecule has 0 aliphatic rings. The lowest BCUT2D eigenvalue weighted by Gasteiger charge is -2.11. The molecule has 0 aliphatic heterocycles. The van der Waals surface area contributed by atoms with Crippen molar-refractivity contribution in [1.29, 1.82) is 0 Å². The number of fused-ring (bicyclic) bond motifs is 6. The van der Waals surface area contributed by atoms with Crippen molar-refractivity contribution in [2.75, 3.05) is 0 Å². The summed E-state index contributed by atoms with van der Waals surface area (Å²) in [6.45, 7) is 0. The van der Waals surface area contributed by atoms with Crippen molar-refractivity contribution in [3.63, 3.8) is 0 Å². The first kappa shape index (κ1) is 31.9. The Kier molecular flexibility index (Phi) is 7.42. The van der Waals surface area contributed by atoms with Gasteiger partial charge in [-0.05, 0) is 77.9 Å². The lowest BCUT2D eigenvalue weighted by molar-refractivity contribution is 1.13. The molecule has 11 rings (SSSR count). The van der Waals surface area contributed by atoms with Gasteiger partial charge in [0, 0.05) is 62.0 Å². The van der Waals surface area contributed by atoms with Gasteiger partial charge in [-0.1, -0.05) is 121 Å². The second-order valence-corrected chi connectivity index (χ2v) is 14.1. The second kappa shape index (κ2) is 13.0. The van der Waals surface area contributed by atoms with E-state index >= 15 is 0 Å². The van der Waals surface area contributed by atoms with Crippen LogP contribution in [0.4, 0.5) is 0 Å². The number of pyridine rings is 1. The third kappa shape index (κ3) is 5.29. The van der Waals surface area contributed by atoms with Gasteiger partial charge in [-0.25, -0.2) is 9.97 Å². The maximum Gasteiger partial charge on any atom is 0.160 e. The summed E-state index contributed by atoms with van der Waals surface area (Å²) in [4.78, 5) is 14.7. The maximum absolute atomic E-state index is 5.17. The van der Waals surface area contributed by atoms with Crippen molar-refractivity contribution in [2.45, 2.75) is 0 Å². The minimum atomic E-state index is 0.701. The highest BCUT2D eigenvalue weighted by Crippen LogP contribution is 2.40. The summed E-state index contributed by atoms with van der Waals surface area (Å²) >= 11 is 0. The van der Waals surface area contributed by atoms with Crippen LogP contribution in [0.15, 0.2) is 200 Å². The van der Waals surface area contributed by atoms with Crippen LogP contribution in [0.5, 0.6) is 0 Å². The van der Waals surface area contributed by atoms with Gasteiger partial charge in [-0.3, -0.25) is 4.98 Å². The van der Waals surface area contributed by atoms with Gasteiger partial charge in [0.05, 0.1) is 33.5 Å². The smallest absolute Gasteiger partial charge is 0.160 e. The summed E-state index contributed by atoms with van der Waals surface area (Å²) in [7, 11) is 0. The van der Waals surface area contributed by atoms with E-state index in [0.717, 1.165) is 61.5 Å². The van der Waals surface area contributed by atoms with Gasteiger partial charge in [0.1, 0.15) is 0 Å². The number of hydrogen-bond acceptors (Lipinski definition) is 3. The van der Waals surface area contributed by atoms with Crippen molar-refractivity contribution in [2.24, 2.45) is 0 Å². The minimum Gasteiger partial charge on any atom is -0.316 e. The van der Waals surface area contributed by atoms with E-state index in [4.69, 9.17) is 9.97 Å². The average Bonchev–Trinajstić information content (AvgIpc) is 3.86. The molecule has 0 fully saturated rings. The van der Waals surface area contributed by atoms with E-state index < -0.39 is 0 Å². The fourth-order valence-corrected chi connectivity index (χ4v) is 8.14. The maximum atomic E-state index is 5.17. The Hall–Kier alpha value is -7.63. The number of hydrogen-bond donors (Lipinski definition) is 0. The molecule has 11 aromatic rings. The van der Waals surface area contributed by atoms with Crippen molar-refractivity contribution < 1.29 is 0 Å². The van der Waals surface area contributed by atoms with E-state index in [0.29, 0.717) is 5.82 Å². The van der Waals surface area contributed by atoms with Gasteiger partial charge >= 0.3 is 0 Å². The van der Waals surface area contributed by atoms with Crippen molar-refractivity contribution in [3.8, 4) is 56.4 Å². The highest BCUT2D eigenvalue weighted by atomic mass is 15.0. The largest absolute Gasteiger partial charge is 0.316 e. The monoisotopic (exact) mass is 715 g/mol. The summed E-state index contributed by atoms with van der Waals surface area (Å²) in [6, 6.07) is 66.2. The van der Waals surface area contributed by atoms with Gasteiger partial charge < -0.3 is 9.13 Å². The Morgan fingerprint density at radius 2 is 1.05 bits per heavy atom. The molecule has 0 aliphatic carbocycles. The summed E-state index contributed by atoms with van der Waals surface area (Å²) in [6.07, 6.45) is 4.00. The molecule has 0 saturated carbocycles. The van der Waals surface area contributed by atoms with Crippen LogP contribution in [-0.4, -0.2) is 24.1 Å². The molecule has 0 saturated heterocycles. The second-order valence-electron chi connectivity index (χ2n) is 14.1. The minimum absolute atomic E-state index is 0.701. The zero-order valence-corrected chi connectivity index (χ0v) is 30.3. The molecule has 0 amide bonds. The molecule has 0 unspecified atom stereocenters. The first-order valence-corrected chi connectivity index (χ1v) is 18.9. The fourth-order valence-electron chi connectivity index (χ4n) is 8.14. The molecule has 4 heterocycles. The molecule has 262 valence electrons. The lowest BCUT2D eigenvalue weighted by Crippen LogP contribution is -1.95. The number of para-hydroxylation sites is 3. The van der Waals surface area contributed by atoms with Crippen molar-refractivity contribution in [3.05, 3.63) is 200 Å². The van der Waals surface area contributed by atoms with Crippen LogP contribution < -0.4 is 0 Å². The molecule has 0 atom stereocenters. The molecule has 5 nitrogen and oxygen atoms in total. The van der Waals surface area contributed by atoms with E-state index in [9.17, 15) is 0 Å². The van der Waals surface area contributed by atoms with E-state index in [1.807, 2.05) is 36.5 Å². The normalized spacial score (nSPS) is 11.6. The van der Waals surface area contributed by atoms with Gasteiger partial charge in [0.25, 0.3) is 0 Å². The third-order valence-corrected chi connectivity index (χ3v) is 10.8. The van der Waals surface area contributed by atoms with Gasteiger partial charge in [0.2, 0.25) is 0 Å². The van der Waals surface area contributed by atoms with E-state index in [2.05, 4.69) is 178 Å². The summed E-state index contributed by atoms with van der Waals surface area (Å²) in [5.41, 5.74) is 14.0. The highest BCUT2D eigenvalue weighted by Gasteiger charge is 2.18. The molecule has 0 N–H and O–H groups in total.